The number of methoxy groups -OCH3 is 1. The van der Waals surface area contributed by atoms with Gasteiger partial charge in [-0.05, 0) is 29.8 Å². The van der Waals surface area contributed by atoms with Crippen molar-refractivity contribution in [1.29, 1.82) is 0 Å². The number of rotatable bonds is 4. The van der Waals surface area contributed by atoms with Gasteiger partial charge in [-0.3, -0.25) is 0 Å². The van der Waals surface area contributed by atoms with E-state index in [9.17, 15) is 4.39 Å². The van der Waals surface area contributed by atoms with Crippen LogP contribution in [0.1, 0.15) is 18.2 Å². The molecule has 2 N–H and O–H groups in total. The largest absolute Gasteiger partial charge is 0.496 e. The minimum atomic E-state index is -1.08. The van der Waals surface area contributed by atoms with Crippen LogP contribution in [0, 0.1) is 0 Å². The summed E-state index contributed by atoms with van der Waals surface area (Å²) in [5.41, 5.74) is 6.03. The number of hydrogen-bond donors (Lipinski definition) is 1. The van der Waals surface area contributed by atoms with Gasteiger partial charge in [-0.15, -0.1) is 0 Å². The summed E-state index contributed by atoms with van der Waals surface area (Å²) < 4.78 is 19.4. The summed E-state index contributed by atoms with van der Waals surface area (Å²) in [6.07, 6.45) is -0.772. The highest BCUT2D eigenvalue weighted by molar-refractivity contribution is 5.88. The molecule has 2 aromatic carbocycles. The summed E-state index contributed by atoms with van der Waals surface area (Å²) in [7, 11) is 1.56. The zero-order valence-corrected chi connectivity index (χ0v) is 9.82. The van der Waals surface area contributed by atoms with E-state index in [0.717, 1.165) is 10.8 Å². The van der Waals surface area contributed by atoms with Gasteiger partial charge in [0.1, 0.15) is 11.9 Å². The van der Waals surface area contributed by atoms with Gasteiger partial charge < -0.3 is 10.5 Å². The quantitative estimate of drug-likeness (QED) is 0.880. The highest BCUT2D eigenvalue weighted by Crippen LogP contribution is 2.36. The first kappa shape index (κ1) is 11.9. The molecule has 0 radical (unpaired) electrons. The van der Waals surface area contributed by atoms with Gasteiger partial charge in [-0.2, -0.15) is 0 Å². The van der Waals surface area contributed by atoms with E-state index in [4.69, 9.17) is 10.5 Å². The topological polar surface area (TPSA) is 35.2 Å². The number of ether oxygens (including phenoxy) is 1. The number of benzene rings is 2. The fourth-order valence-corrected chi connectivity index (χ4v) is 2.07. The predicted octanol–water partition coefficient (Wildman–Crippen LogP) is 3.21. The molecular weight excluding hydrogens is 217 g/mol. The average Bonchev–Trinajstić information content (AvgIpc) is 2.37. The molecule has 2 rings (SSSR count). The van der Waals surface area contributed by atoms with E-state index >= 15 is 0 Å². The Morgan fingerprint density at radius 3 is 2.71 bits per heavy atom. The molecule has 0 aromatic heterocycles. The molecule has 0 saturated carbocycles. The van der Waals surface area contributed by atoms with Crippen molar-refractivity contribution in [2.75, 3.05) is 13.7 Å². The molecule has 0 aliphatic heterocycles. The summed E-state index contributed by atoms with van der Waals surface area (Å²) in [4.78, 5) is 0. The summed E-state index contributed by atoms with van der Waals surface area (Å²) >= 11 is 0. The van der Waals surface area contributed by atoms with E-state index in [1.807, 2.05) is 30.3 Å². The Bertz CT molecular complexity index is 513. The molecular formula is C14H16FNO. The smallest absolute Gasteiger partial charge is 0.130 e. The molecule has 0 bridgehead atoms. The van der Waals surface area contributed by atoms with E-state index < -0.39 is 6.17 Å². The standard InChI is InChI=1S/C14H16FNO/c1-17-13-7-6-10-4-2-3-5-11(10)14(13)12(15)8-9-16/h2-7,12H,8-9,16H2,1H3. The van der Waals surface area contributed by atoms with Gasteiger partial charge >= 0.3 is 0 Å². The first-order valence-corrected chi connectivity index (χ1v) is 5.67. The molecule has 0 aliphatic rings. The molecule has 2 aromatic rings. The Morgan fingerprint density at radius 2 is 2.00 bits per heavy atom. The van der Waals surface area contributed by atoms with Crippen LogP contribution in [0.2, 0.25) is 0 Å². The normalized spacial score (nSPS) is 12.6. The first-order valence-electron chi connectivity index (χ1n) is 5.67. The maximum atomic E-state index is 14.2. The number of hydrogen-bond acceptors (Lipinski definition) is 2. The Balaban J connectivity index is 2.62. The molecule has 90 valence electrons. The Labute approximate surface area is 100 Å². The fraction of sp³-hybridized carbons (Fsp3) is 0.286. The zero-order chi connectivity index (χ0) is 12.3. The van der Waals surface area contributed by atoms with Crippen LogP contribution in [0.15, 0.2) is 36.4 Å². The SMILES string of the molecule is COc1ccc2ccccc2c1C(F)CCN. The van der Waals surface area contributed by atoms with Crippen LogP contribution >= 0.6 is 0 Å². The van der Waals surface area contributed by atoms with E-state index in [0.29, 0.717) is 24.3 Å². The van der Waals surface area contributed by atoms with Gasteiger partial charge in [0.2, 0.25) is 0 Å². The maximum absolute atomic E-state index is 14.2. The molecule has 0 heterocycles. The Kier molecular flexibility index (Phi) is 3.59. The minimum absolute atomic E-state index is 0.310. The third-order valence-corrected chi connectivity index (χ3v) is 2.88. The zero-order valence-electron chi connectivity index (χ0n) is 9.82. The predicted molar refractivity (Wildman–Crippen MR) is 68.0 cm³/mol. The summed E-state index contributed by atoms with van der Waals surface area (Å²) in [5, 5.41) is 1.91. The second-order valence-corrected chi connectivity index (χ2v) is 3.95. The molecule has 0 spiro atoms. The highest BCUT2D eigenvalue weighted by atomic mass is 19.1. The van der Waals surface area contributed by atoms with Gasteiger partial charge in [-0.1, -0.05) is 30.3 Å². The van der Waals surface area contributed by atoms with E-state index in [-0.39, 0.29) is 0 Å². The maximum Gasteiger partial charge on any atom is 0.130 e. The second-order valence-electron chi connectivity index (χ2n) is 3.95. The molecule has 0 fully saturated rings. The molecule has 3 heteroatoms. The fourth-order valence-electron chi connectivity index (χ4n) is 2.07. The van der Waals surface area contributed by atoms with Gasteiger partial charge in [0.15, 0.2) is 0 Å². The van der Waals surface area contributed by atoms with Crippen molar-refractivity contribution in [1.82, 2.24) is 0 Å². The minimum Gasteiger partial charge on any atom is -0.496 e. The molecule has 1 unspecified atom stereocenters. The number of alkyl halides is 1. The third kappa shape index (κ3) is 2.24. The van der Waals surface area contributed by atoms with E-state index in [1.165, 1.54) is 0 Å². The molecule has 17 heavy (non-hydrogen) atoms. The van der Waals surface area contributed by atoms with E-state index in [2.05, 4.69) is 0 Å². The van der Waals surface area contributed by atoms with Crippen molar-refractivity contribution in [3.8, 4) is 5.75 Å². The van der Waals surface area contributed by atoms with Crippen LogP contribution in [0.25, 0.3) is 10.8 Å². The van der Waals surface area contributed by atoms with Crippen LogP contribution in [-0.2, 0) is 0 Å². The van der Waals surface area contributed by atoms with Gasteiger partial charge in [-0.25, -0.2) is 4.39 Å². The summed E-state index contributed by atoms with van der Waals surface area (Å²) in [6, 6.07) is 11.5. The number of fused-ring (bicyclic) bond motifs is 1. The van der Waals surface area contributed by atoms with Crippen LogP contribution in [0.5, 0.6) is 5.75 Å². The molecule has 0 saturated heterocycles. The monoisotopic (exact) mass is 233 g/mol. The number of nitrogens with two attached hydrogens (primary N) is 1. The van der Waals surface area contributed by atoms with E-state index in [1.54, 1.807) is 13.2 Å². The van der Waals surface area contributed by atoms with Crippen LogP contribution in [0.3, 0.4) is 0 Å². The lowest BCUT2D eigenvalue weighted by Crippen LogP contribution is -2.05. The Hall–Kier alpha value is -1.61. The van der Waals surface area contributed by atoms with Crippen molar-refractivity contribution in [3.05, 3.63) is 42.0 Å². The van der Waals surface area contributed by atoms with Crippen molar-refractivity contribution in [3.63, 3.8) is 0 Å². The lowest BCUT2D eigenvalue weighted by Gasteiger charge is -2.15. The van der Waals surface area contributed by atoms with Gasteiger partial charge in [0.25, 0.3) is 0 Å². The molecule has 1 atom stereocenters. The summed E-state index contributed by atoms with van der Waals surface area (Å²) in [6.45, 7) is 0.327. The van der Waals surface area contributed by atoms with Crippen molar-refractivity contribution < 1.29 is 9.13 Å². The Morgan fingerprint density at radius 1 is 1.24 bits per heavy atom. The van der Waals surface area contributed by atoms with Gasteiger partial charge in [0, 0.05) is 5.56 Å². The summed E-state index contributed by atoms with van der Waals surface area (Å²) in [5.74, 6) is 0.588. The van der Waals surface area contributed by atoms with Crippen LogP contribution in [-0.4, -0.2) is 13.7 Å². The van der Waals surface area contributed by atoms with Gasteiger partial charge in [0.05, 0.1) is 7.11 Å². The van der Waals surface area contributed by atoms with Crippen LogP contribution < -0.4 is 10.5 Å². The lowest BCUT2D eigenvalue weighted by atomic mass is 9.98. The van der Waals surface area contributed by atoms with Crippen molar-refractivity contribution >= 4 is 10.8 Å². The lowest BCUT2D eigenvalue weighted by molar-refractivity contribution is 0.314. The first-order chi connectivity index (χ1) is 8.27. The number of halogens is 1. The molecule has 2 nitrogen and oxygen atoms in total. The second kappa shape index (κ2) is 5.15. The van der Waals surface area contributed by atoms with Crippen molar-refractivity contribution in [2.24, 2.45) is 5.73 Å². The third-order valence-electron chi connectivity index (χ3n) is 2.88. The van der Waals surface area contributed by atoms with Crippen LogP contribution in [0.4, 0.5) is 4.39 Å². The average molecular weight is 233 g/mol. The molecule has 0 aliphatic carbocycles. The molecule has 0 amide bonds. The van der Waals surface area contributed by atoms with Crippen molar-refractivity contribution in [2.45, 2.75) is 12.6 Å². The highest BCUT2D eigenvalue weighted by Gasteiger charge is 2.17.